The Morgan fingerprint density at radius 2 is 1.57 bits per heavy atom. The van der Waals surface area contributed by atoms with E-state index in [-0.39, 0.29) is 0 Å². The normalized spacial score (nSPS) is 10.1. The standard InChI is InChI=1S/C11H11N3/c1-2-9-3-5-10(6-4-9)11-7-12-14-13-8-11/h3-8H,2H2,1H3. The molecule has 70 valence electrons. The summed E-state index contributed by atoms with van der Waals surface area (Å²) in [7, 11) is 0. The van der Waals surface area contributed by atoms with Gasteiger partial charge in [0.25, 0.3) is 0 Å². The van der Waals surface area contributed by atoms with Crippen molar-refractivity contribution in [3.05, 3.63) is 42.2 Å². The van der Waals surface area contributed by atoms with E-state index in [0.29, 0.717) is 0 Å². The average molecular weight is 185 g/mol. The smallest absolute Gasteiger partial charge is 0.0608 e. The molecule has 2 aromatic rings. The minimum absolute atomic E-state index is 1.00. The Kier molecular flexibility index (Phi) is 2.49. The van der Waals surface area contributed by atoms with Crippen LogP contribution in [-0.2, 0) is 6.42 Å². The molecule has 0 bridgehead atoms. The van der Waals surface area contributed by atoms with E-state index in [4.69, 9.17) is 0 Å². The van der Waals surface area contributed by atoms with Gasteiger partial charge in [0, 0.05) is 5.56 Å². The number of nitrogens with zero attached hydrogens (tertiary/aromatic N) is 3. The van der Waals surface area contributed by atoms with E-state index >= 15 is 0 Å². The van der Waals surface area contributed by atoms with Crippen LogP contribution >= 0.6 is 0 Å². The van der Waals surface area contributed by atoms with Crippen LogP contribution in [0.25, 0.3) is 11.1 Å². The monoisotopic (exact) mass is 185 g/mol. The van der Waals surface area contributed by atoms with Crippen LogP contribution in [-0.4, -0.2) is 15.4 Å². The Morgan fingerprint density at radius 3 is 2.14 bits per heavy atom. The number of aromatic nitrogens is 3. The highest BCUT2D eigenvalue weighted by molar-refractivity contribution is 5.61. The lowest BCUT2D eigenvalue weighted by molar-refractivity contribution is 0.867. The molecule has 3 heteroatoms. The van der Waals surface area contributed by atoms with Gasteiger partial charge in [0.15, 0.2) is 0 Å². The third-order valence-electron chi connectivity index (χ3n) is 2.19. The van der Waals surface area contributed by atoms with E-state index < -0.39 is 0 Å². The van der Waals surface area contributed by atoms with Gasteiger partial charge in [-0.05, 0) is 22.8 Å². The third-order valence-corrected chi connectivity index (χ3v) is 2.19. The Balaban J connectivity index is 2.34. The lowest BCUT2D eigenvalue weighted by atomic mass is 10.1. The zero-order valence-electron chi connectivity index (χ0n) is 8.01. The molecule has 1 aromatic carbocycles. The summed E-state index contributed by atoms with van der Waals surface area (Å²) in [6.07, 6.45) is 4.50. The van der Waals surface area contributed by atoms with E-state index in [2.05, 4.69) is 46.6 Å². The van der Waals surface area contributed by atoms with Crippen molar-refractivity contribution in [1.82, 2.24) is 15.4 Å². The second kappa shape index (κ2) is 3.96. The molecule has 0 aliphatic rings. The van der Waals surface area contributed by atoms with Gasteiger partial charge in [-0.15, -0.1) is 10.2 Å². The van der Waals surface area contributed by atoms with E-state index in [1.54, 1.807) is 12.4 Å². The van der Waals surface area contributed by atoms with Gasteiger partial charge in [0.05, 0.1) is 12.4 Å². The van der Waals surface area contributed by atoms with Gasteiger partial charge in [0.1, 0.15) is 0 Å². The molecular formula is C11H11N3. The number of hydrogen-bond donors (Lipinski definition) is 0. The highest BCUT2D eigenvalue weighted by Crippen LogP contribution is 2.17. The number of hydrogen-bond acceptors (Lipinski definition) is 3. The SMILES string of the molecule is CCc1ccc(-c2cnnnc2)cc1. The summed E-state index contributed by atoms with van der Waals surface area (Å²) >= 11 is 0. The van der Waals surface area contributed by atoms with Crippen LogP contribution in [0.3, 0.4) is 0 Å². The molecule has 0 aliphatic heterocycles. The zero-order chi connectivity index (χ0) is 9.80. The lowest BCUT2D eigenvalue weighted by Crippen LogP contribution is -1.87. The molecule has 0 saturated carbocycles. The van der Waals surface area contributed by atoms with E-state index in [0.717, 1.165) is 17.5 Å². The van der Waals surface area contributed by atoms with Gasteiger partial charge in [-0.1, -0.05) is 31.2 Å². The van der Waals surface area contributed by atoms with Crippen molar-refractivity contribution in [1.29, 1.82) is 0 Å². The number of aryl methyl sites for hydroxylation is 1. The zero-order valence-corrected chi connectivity index (χ0v) is 8.01. The van der Waals surface area contributed by atoms with Crippen LogP contribution in [0.15, 0.2) is 36.7 Å². The van der Waals surface area contributed by atoms with Crippen molar-refractivity contribution >= 4 is 0 Å². The molecule has 0 atom stereocenters. The average Bonchev–Trinajstić information content (AvgIpc) is 2.30. The van der Waals surface area contributed by atoms with Gasteiger partial charge < -0.3 is 0 Å². The van der Waals surface area contributed by atoms with Crippen molar-refractivity contribution < 1.29 is 0 Å². The molecule has 0 N–H and O–H groups in total. The van der Waals surface area contributed by atoms with Crippen molar-refractivity contribution in [3.63, 3.8) is 0 Å². The van der Waals surface area contributed by atoms with Gasteiger partial charge in [-0.3, -0.25) is 0 Å². The molecule has 1 heterocycles. The fraction of sp³-hybridized carbons (Fsp3) is 0.182. The predicted octanol–water partition coefficient (Wildman–Crippen LogP) is 2.10. The maximum absolute atomic E-state index is 3.74. The molecule has 0 aliphatic carbocycles. The Bertz CT molecular complexity index is 395. The lowest BCUT2D eigenvalue weighted by Gasteiger charge is -2.00. The van der Waals surface area contributed by atoms with Gasteiger partial charge in [0.2, 0.25) is 0 Å². The highest BCUT2D eigenvalue weighted by Gasteiger charge is 1.97. The van der Waals surface area contributed by atoms with E-state index in [1.807, 2.05) is 0 Å². The van der Waals surface area contributed by atoms with E-state index in [9.17, 15) is 0 Å². The minimum Gasteiger partial charge on any atom is -0.138 e. The topological polar surface area (TPSA) is 38.7 Å². The Hall–Kier alpha value is -1.77. The van der Waals surface area contributed by atoms with Gasteiger partial charge in [-0.25, -0.2) is 0 Å². The third kappa shape index (κ3) is 1.76. The maximum Gasteiger partial charge on any atom is 0.0608 e. The minimum atomic E-state index is 1.00. The summed E-state index contributed by atoms with van der Waals surface area (Å²) in [5.74, 6) is 0. The fourth-order valence-electron chi connectivity index (χ4n) is 1.32. The fourth-order valence-corrected chi connectivity index (χ4v) is 1.32. The number of benzene rings is 1. The van der Waals surface area contributed by atoms with Crippen molar-refractivity contribution in [2.45, 2.75) is 13.3 Å². The van der Waals surface area contributed by atoms with Crippen LogP contribution in [0, 0.1) is 0 Å². The second-order valence-electron chi connectivity index (χ2n) is 3.08. The highest BCUT2D eigenvalue weighted by atomic mass is 15.3. The summed E-state index contributed by atoms with van der Waals surface area (Å²) in [5, 5.41) is 11.0. The van der Waals surface area contributed by atoms with Crippen LogP contribution in [0.1, 0.15) is 12.5 Å². The van der Waals surface area contributed by atoms with Crippen LogP contribution in [0.4, 0.5) is 0 Å². The van der Waals surface area contributed by atoms with Crippen molar-refractivity contribution in [2.75, 3.05) is 0 Å². The summed E-state index contributed by atoms with van der Waals surface area (Å²) in [5.41, 5.74) is 3.47. The molecule has 0 spiro atoms. The van der Waals surface area contributed by atoms with Crippen LogP contribution in [0.5, 0.6) is 0 Å². The molecule has 0 unspecified atom stereocenters. The summed E-state index contributed by atoms with van der Waals surface area (Å²) in [6.45, 7) is 2.14. The predicted molar refractivity (Wildman–Crippen MR) is 54.6 cm³/mol. The first kappa shape index (κ1) is 8.81. The summed E-state index contributed by atoms with van der Waals surface area (Å²) in [4.78, 5) is 0. The van der Waals surface area contributed by atoms with Gasteiger partial charge >= 0.3 is 0 Å². The van der Waals surface area contributed by atoms with Crippen molar-refractivity contribution in [3.8, 4) is 11.1 Å². The quantitative estimate of drug-likeness (QED) is 0.719. The largest absolute Gasteiger partial charge is 0.138 e. The summed E-state index contributed by atoms with van der Waals surface area (Å²) in [6, 6.07) is 8.40. The van der Waals surface area contributed by atoms with Crippen LogP contribution < -0.4 is 0 Å². The maximum atomic E-state index is 3.74. The second-order valence-corrected chi connectivity index (χ2v) is 3.08. The first-order valence-electron chi connectivity index (χ1n) is 4.63. The van der Waals surface area contributed by atoms with Gasteiger partial charge in [-0.2, -0.15) is 0 Å². The Labute approximate surface area is 82.8 Å². The molecule has 0 radical (unpaired) electrons. The number of rotatable bonds is 2. The Morgan fingerprint density at radius 1 is 0.929 bits per heavy atom. The summed E-state index contributed by atoms with van der Waals surface area (Å²) < 4.78 is 0. The van der Waals surface area contributed by atoms with E-state index in [1.165, 1.54) is 5.56 Å². The molecule has 3 nitrogen and oxygen atoms in total. The molecular weight excluding hydrogens is 174 g/mol. The van der Waals surface area contributed by atoms with Crippen molar-refractivity contribution in [2.24, 2.45) is 0 Å². The van der Waals surface area contributed by atoms with Crippen LogP contribution in [0.2, 0.25) is 0 Å². The molecule has 2 rings (SSSR count). The molecule has 0 amide bonds. The molecule has 0 fully saturated rings. The first-order valence-corrected chi connectivity index (χ1v) is 4.63. The molecule has 14 heavy (non-hydrogen) atoms. The first-order chi connectivity index (χ1) is 6.90. The molecule has 0 saturated heterocycles. The molecule has 1 aromatic heterocycles.